The molecular formula is C31H29N3O3S. The van der Waals surface area contributed by atoms with Gasteiger partial charge in [-0.05, 0) is 53.3 Å². The van der Waals surface area contributed by atoms with Crippen LogP contribution in [0.25, 0.3) is 11.8 Å². The Morgan fingerprint density at radius 2 is 1.68 bits per heavy atom. The number of amides is 1. The summed E-state index contributed by atoms with van der Waals surface area (Å²) in [4.78, 5) is 18.7. The Balaban J connectivity index is 1.22. The van der Waals surface area contributed by atoms with Gasteiger partial charge in [0.2, 0.25) is 0 Å². The van der Waals surface area contributed by atoms with Gasteiger partial charge in [0, 0.05) is 5.41 Å². The maximum absolute atomic E-state index is 12.7. The van der Waals surface area contributed by atoms with Crippen LogP contribution in [0.2, 0.25) is 0 Å². The minimum Gasteiger partial charge on any atom is -0.490 e. The van der Waals surface area contributed by atoms with Gasteiger partial charge in [-0.3, -0.25) is 15.1 Å². The molecule has 0 bridgehead atoms. The highest BCUT2D eigenvalue weighted by Crippen LogP contribution is 2.37. The number of nitrogens with one attached hydrogen (secondary N) is 1. The van der Waals surface area contributed by atoms with Gasteiger partial charge in [-0.1, -0.05) is 86.3 Å². The second kappa shape index (κ2) is 11.5. The number of carbonyl (C=O) groups excluding carboxylic acids is 1. The summed E-state index contributed by atoms with van der Waals surface area (Å²) in [5.74, 6) is 1.76. The summed E-state index contributed by atoms with van der Waals surface area (Å²) in [7, 11) is 0. The second-order valence-corrected chi connectivity index (χ2v) is 9.88. The fourth-order valence-electron chi connectivity index (χ4n) is 4.29. The third-order valence-corrected chi connectivity index (χ3v) is 7.37. The lowest BCUT2D eigenvalue weighted by Gasteiger charge is -2.26. The van der Waals surface area contributed by atoms with E-state index in [1.165, 1.54) is 17.3 Å². The highest BCUT2D eigenvalue weighted by atomic mass is 32.2. The molecular weight excluding hydrogens is 494 g/mol. The van der Waals surface area contributed by atoms with E-state index in [1.807, 2.05) is 78.2 Å². The molecule has 0 fully saturated rings. The molecule has 0 saturated carbocycles. The Labute approximate surface area is 227 Å². The summed E-state index contributed by atoms with van der Waals surface area (Å²) in [6.45, 7) is 5.23. The highest BCUT2D eigenvalue weighted by Gasteiger charge is 2.36. The van der Waals surface area contributed by atoms with Crippen molar-refractivity contribution in [3.05, 3.63) is 107 Å². The molecule has 192 valence electrons. The Hall–Kier alpha value is -4.10. The summed E-state index contributed by atoms with van der Waals surface area (Å²) < 4.78 is 11.9. The standard InChI is InChI=1S/C31H29N3O3S/c1-3-21(2)25-11-7-8-12-28(25)37-18-17-36-24-15-13-22(14-16-24)19-26-29(32)34-27(23-9-5-4-6-10-23)20-38-31(34)33-30(26)35/h4-16,19-21,32H,3,17-18H2,1-2H3/b26-19-,32-29?/t21-/m0/s1. The number of thioether (sulfide) groups is 1. The van der Waals surface area contributed by atoms with E-state index < -0.39 is 5.91 Å². The van der Waals surface area contributed by atoms with E-state index in [-0.39, 0.29) is 11.4 Å². The van der Waals surface area contributed by atoms with Crippen molar-refractivity contribution in [1.82, 2.24) is 4.90 Å². The molecule has 38 heavy (non-hydrogen) atoms. The number of rotatable bonds is 9. The van der Waals surface area contributed by atoms with Crippen molar-refractivity contribution >= 4 is 40.4 Å². The van der Waals surface area contributed by atoms with Gasteiger partial charge in [0.25, 0.3) is 5.91 Å². The van der Waals surface area contributed by atoms with Crippen molar-refractivity contribution < 1.29 is 14.3 Å². The summed E-state index contributed by atoms with van der Waals surface area (Å²) in [5.41, 5.74) is 4.07. The van der Waals surface area contributed by atoms with Gasteiger partial charge in [-0.2, -0.15) is 4.99 Å². The number of ether oxygens (including phenoxy) is 2. The molecule has 2 aliphatic rings. The summed E-state index contributed by atoms with van der Waals surface area (Å²) in [5, 5.41) is 11.2. The molecule has 1 N–H and O–H groups in total. The molecule has 3 aromatic rings. The Morgan fingerprint density at radius 1 is 0.974 bits per heavy atom. The predicted octanol–water partition coefficient (Wildman–Crippen LogP) is 6.96. The van der Waals surface area contributed by atoms with Crippen LogP contribution in [0.1, 0.15) is 42.9 Å². The van der Waals surface area contributed by atoms with Crippen molar-refractivity contribution in [3.63, 3.8) is 0 Å². The number of para-hydroxylation sites is 1. The minimum atomic E-state index is -0.411. The van der Waals surface area contributed by atoms with Crippen molar-refractivity contribution in [3.8, 4) is 11.5 Å². The number of amidine groups is 2. The number of carbonyl (C=O) groups is 1. The lowest BCUT2D eigenvalue weighted by Crippen LogP contribution is -2.38. The van der Waals surface area contributed by atoms with Crippen LogP contribution >= 0.6 is 11.8 Å². The third-order valence-electron chi connectivity index (χ3n) is 6.55. The maximum Gasteiger partial charge on any atom is 0.283 e. The van der Waals surface area contributed by atoms with Crippen molar-refractivity contribution in [1.29, 1.82) is 5.41 Å². The smallest absolute Gasteiger partial charge is 0.283 e. The number of aliphatic imine (C=N–C) groups is 1. The average molecular weight is 524 g/mol. The summed E-state index contributed by atoms with van der Waals surface area (Å²) in [6.07, 6.45) is 2.76. The molecule has 7 heteroatoms. The van der Waals surface area contributed by atoms with Crippen LogP contribution in [0.3, 0.4) is 0 Å². The van der Waals surface area contributed by atoms with E-state index in [9.17, 15) is 4.79 Å². The first-order chi connectivity index (χ1) is 18.5. The van der Waals surface area contributed by atoms with Gasteiger partial charge in [0.1, 0.15) is 30.5 Å². The number of fused-ring (bicyclic) bond motifs is 1. The summed E-state index contributed by atoms with van der Waals surface area (Å²) in [6, 6.07) is 25.4. The lowest BCUT2D eigenvalue weighted by atomic mass is 9.98. The normalized spacial score (nSPS) is 16.7. The first kappa shape index (κ1) is 25.5. The van der Waals surface area contributed by atoms with E-state index in [1.54, 1.807) is 11.0 Å². The van der Waals surface area contributed by atoms with Crippen molar-refractivity contribution in [2.45, 2.75) is 26.2 Å². The molecule has 0 aliphatic carbocycles. The van der Waals surface area contributed by atoms with Gasteiger partial charge in [-0.15, -0.1) is 0 Å². The van der Waals surface area contributed by atoms with Gasteiger partial charge in [0.05, 0.1) is 11.3 Å². The molecule has 0 spiro atoms. The van der Waals surface area contributed by atoms with Crippen LogP contribution in [0.15, 0.2) is 94.8 Å². The van der Waals surface area contributed by atoms with Crippen molar-refractivity contribution in [2.75, 3.05) is 13.2 Å². The first-order valence-electron chi connectivity index (χ1n) is 12.7. The Morgan fingerprint density at radius 3 is 2.45 bits per heavy atom. The second-order valence-electron chi connectivity index (χ2n) is 9.04. The Kier molecular flexibility index (Phi) is 7.75. The molecule has 3 aromatic carbocycles. The zero-order valence-electron chi connectivity index (χ0n) is 21.4. The highest BCUT2D eigenvalue weighted by molar-refractivity contribution is 8.17. The number of hydrogen-bond donors (Lipinski definition) is 1. The quantitative estimate of drug-likeness (QED) is 0.242. The van der Waals surface area contributed by atoms with Crippen LogP contribution in [-0.4, -0.2) is 35.0 Å². The topological polar surface area (TPSA) is 75.0 Å². The predicted molar refractivity (Wildman–Crippen MR) is 155 cm³/mol. The van der Waals surface area contributed by atoms with E-state index in [0.29, 0.717) is 30.0 Å². The van der Waals surface area contributed by atoms with Crippen LogP contribution in [0, 0.1) is 5.41 Å². The monoisotopic (exact) mass is 523 g/mol. The largest absolute Gasteiger partial charge is 0.490 e. The molecule has 2 heterocycles. The van der Waals surface area contributed by atoms with E-state index in [4.69, 9.17) is 14.9 Å². The Bertz CT molecular complexity index is 1430. The van der Waals surface area contributed by atoms with E-state index >= 15 is 0 Å². The molecule has 0 saturated heterocycles. The van der Waals surface area contributed by atoms with Gasteiger partial charge in [-0.25, -0.2) is 0 Å². The SMILES string of the molecule is CC[C@H](C)c1ccccc1OCCOc1ccc(/C=C2/C(=N)N3C(c4ccccc4)=CSC3=NC2=O)cc1. The lowest BCUT2D eigenvalue weighted by molar-refractivity contribution is -0.114. The van der Waals surface area contributed by atoms with Crippen molar-refractivity contribution in [2.24, 2.45) is 4.99 Å². The summed E-state index contributed by atoms with van der Waals surface area (Å²) >= 11 is 1.36. The molecule has 0 aromatic heterocycles. The fraction of sp³-hybridized carbons (Fsp3) is 0.194. The molecule has 6 nitrogen and oxygen atoms in total. The maximum atomic E-state index is 12.7. The van der Waals surface area contributed by atoms with Gasteiger partial charge in [0.15, 0.2) is 5.17 Å². The minimum absolute atomic E-state index is 0.121. The molecule has 0 unspecified atom stereocenters. The van der Waals surface area contributed by atoms with Crippen LogP contribution in [0.4, 0.5) is 0 Å². The van der Waals surface area contributed by atoms with Crippen LogP contribution in [-0.2, 0) is 4.79 Å². The third kappa shape index (κ3) is 5.43. The fourth-order valence-corrected chi connectivity index (χ4v) is 5.18. The first-order valence-corrected chi connectivity index (χ1v) is 13.5. The van der Waals surface area contributed by atoms with Gasteiger partial charge < -0.3 is 9.47 Å². The number of nitrogens with zero attached hydrogens (tertiary/aromatic N) is 2. The number of hydrogen-bond acceptors (Lipinski definition) is 5. The van der Waals surface area contributed by atoms with Crippen LogP contribution in [0.5, 0.6) is 11.5 Å². The molecule has 1 atom stereocenters. The number of benzene rings is 3. The van der Waals surface area contributed by atoms with E-state index in [2.05, 4.69) is 24.9 Å². The molecule has 1 amide bonds. The average Bonchev–Trinajstić information content (AvgIpc) is 3.38. The van der Waals surface area contributed by atoms with E-state index in [0.717, 1.165) is 29.0 Å². The zero-order chi connectivity index (χ0) is 26.5. The van der Waals surface area contributed by atoms with Gasteiger partial charge >= 0.3 is 0 Å². The van der Waals surface area contributed by atoms with Crippen LogP contribution < -0.4 is 9.47 Å². The zero-order valence-corrected chi connectivity index (χ0v) is 22.2. The molecule has 0 radical (unpaired) electrons. The molecule has 5 rings (SSSR count). The molecule has 2 aliphatic heterocycles.